The molecular formula is C13H14N2OS. The third-order valence-corrected chi connectivity index (χ3v) is 3.19. The number of hydrogen-bond donors (Lipinski definition) is 1. The lowest BCUT2D eigenvalue weighted by molar-refractivity contribution is -0.115. The van der Waals surface area contributed by atoms with E-state index in [1.165, 1.54) is 0 Å². The Morgan fingerprint density at radius 3 is 2.82 bits per heavy atom. The Bertz CT molecular complexity index is 534. The maximum absolute atomic E-state index is 11.4. The first-order valence-electron chi connectivity index (χ1n) is 5.52. The quantitative estimate of drug-likeness (QED) is 0.901. The Morgan fingerprint density at radius 1 is 1.41 bits per heavy atom. The number of hydrogen-bond acceptors (Lipinski definition) is 3. The van der Waals surface area contributed by atoms with Gasteiger partial charge in [0.15, 0.2) is 0 Å². The smallest absolute Gasteiger partial charge is 0.224 e. The van der Waals surface area contributed by atoms with Crippen LogP contribution in [0.5, 0.6) is 0 Å². The first kappa shape index (κ1) is 11.8. The molecule has 2 aromatic rings. The predicted octanol–water partition coefficient (Wildman–Crippen LogP) is 3.47. The summed E-state index contributed by atoms with van der Waals surface area (Å²) in [5.74, 6) is 0.0180. The van der Waals surface area contributed by atoms with Crippen LogP contribution in [0.25, 0.3) is 11.3 Å². The van der Waals surface area contributed by atoms with E-state index in [1.54, 1.807) is 11.3 Å². The number of carbonyl (C=O) groups is 1. The SMILES string of the molecule is CCC(=O)Nc1ccccc1-c1csc(C)n1. The van der Waals surface area contributed by atoms with Crippen LogP contribution in [-0.2, 0) is 4.79 Å². The van der Waals surface area contributed by atoms with Gasteiger partial charge in [-0.1, -0.05) is 25.1 Å². The van der Waals surface area contributed by atoms with E-state index in [1.807, 2.05) is 43.5 Å². The van der Waals surface area contributed by atoms with Crippen molar-refractivity contribution in [1.82, 2.24) is 4.98 Å². The van der Waals surface area contributed by atoms with E-state index in [0.29, 0.717) is 6.42 Å². The van der Waals surface area contributed by atoms with E-state index in [-0.39, 0.29) is 5.91 Å². The average molecular weight is 246 g/mol. The molecule has 88 valence electrons. The standard InChI is InChI=1S/C13H14N2OS/c1-3-13(16)15-11-7-5-4-6-10(11)12-8-17-9(2)14-12/h4-8H,3H2,1-2H3,(H,15,16). The predicted molar refractivity (Wildman–Crippen MR) is 71.2 cm³/mol. The van der Waals surface area contributed by atoms with Crippen molar-refractivity contribution in [2.75, 3.05) is 5.32 Å². The Morgan fingerprint density at radius 2 is 2.18 bits per heavy atom. The zero-order valence-corrected chi connectivity index (χ0v) is 10.7. The minimum atomic E-state index is 0.0180. The van der Waals surface area contributed by atoms with E-state index in [2.05, 4.69) is 10.3 Å². The average Bonchev–Trinajstić information content (AvgIpc) is 2.76. The number of aromatic nitrogens is 1. The second kappa shape index (κ2) is 5.10. The van der Waals surface area contributed by atoms with Gasteiger partial charge in [-0.25, -0.2) is 4.98 Å². The number of thiazole rings is 1. The Labute approximate surface area is 105 Å². The topological polar surface area (TPSA) is 42.0 Å². The molecule has 1 amide bonds. The van der Waals surface area contributed by atoms with Gasteiger partial charge in [0.2, 0.25) is 5.91 Å². The molecule has 0 aliphatic rings. The molecule has 3 nitrogen and oxygen atoms in total. The van der Waals surface area contributed by atoms with Crippen LogP contribution in [-0.4, -0.2) is 10.9 Å². The molecule has 0 saturated heterocycles. The third kappa shape index (κ3) is 2.71. The highest BCUT2D eigenvalue weighted by molar-refractivity contribution is 7.09. The molecule has 17 heavy (non-hydrogen) atoms. The number of para-hydroxylation sites is 1. The molecule has 0 spiro atoms. The fraction of sp³-hybridized carbons (Fsp3) is 0.231. The van der Waals surface area contributed by atoms with Crippen LogP contribution >= 0.6 is 11.3 Å². The van der Waals surface area contributed by atoms with E-state index in [4.69, 9.17) is 0 Å². The van der Waals surface area contributed by atoms with Crippen LogP contribution in [0.15, 0.2) is 29.6 Å². The zero-order valence-electron chi connectivity index (χ0n) is 9.86. The van der Waals surface area contributed by atoms with Crippen LogP contribution < -0.4 is 5.32 Å². The number of aryl methyl sites for hydroxylation is 1. The second-order valence-corrected chi connectivity index (χ2v) is 4.76. The fourth-order valence-electron chi connectivity index (χ4n) is 1.54. The van der Waals surface area contributed by atoms with E-state index in [9.17, 15) is 4.79 Å². The molecule has 1 heterocycles. The van der Waals surface area contributed by atoms with Gasteiger partial charge in [-0.05, 0) is 13.0 Å². The maximum atomic E-state index is 11.4. The van der Waals surface area contributed by atoms with Gasteiger partial charge >= 0.3 is 0 Å². The Balaban J connectivity index is 2.37. The third-order valence-electron chi connectivity index (χ3n) is 2.42. The zero-order chi connectivity index (χ0) is 12.3. The molecule has 1 aromatic carbocycles. The molecule has 0 bridgehead atoms. The number of benzene rings is 1. The van der Waals surface area contributed by atoms with Gasteiger partial charge < -0.3 is 5.32 Å². The van der Waals surface area contributed by atoms with Crippen molar-refractivity contribution in [3.8, 4) is 11.3 Å². The summed E-state index contributed by atoms with van der Waals surface area (Å²) in [7, 11) is 0. The van der Waals surface area contributed by atoms with Gasteiger partial charge in [0.05, 0.1) is 16.4 Å². The van der Waals surface area contributed by atoms with Crippen LogP contribution in [0.2, 0.25) is 0 Å². The van der Waals surface area contributed by atoms with Crippen molar-refractivity contribution in [3.05, 3.63) is 34.7 Å². The summed E-state index contributed by atoms with van der Waals surface area (Å²) in [4.78, 5) is 15.9. The summed E-state index contributed by atoms with van der Waals surface area (Å²) in [6.45, 7) is 3.81. The fourth-order valence-corrected chi connectivity index (χ4v) is 2.15. The van der Waals surface area contributed by atoms with Gasteiger partial charge in [0.25, 0.3) is 0 Å². The molecule has 4 heteroatoms. The highest BCUT2D eigenvalue weighted by Crippen LogP contribution is 2.28. The van der Waals surface area contributed by atoms with E-state index >= 15 is 0 Å². The van der Waals surface area contributed by atoms with E-state index < -0.39 is 0 Å². The number of rotatable bonds is 3. The lowest BCUT2D eigenvalue weighted by Gasteiger charge is -2.08. The normalized spacial score (nSPS) is 10.2. The van der Waals surface area contributed by atoms with Crippen LogP contribution in [0, 0.1) is 6.92 Å². The first-order valence-corrected chi connectivity index (χ1v) is 6.40. The number of anilines is 1. The molecule has 1 aromatic heterocycles. The molecule has 0 aliphatic heterocycles. The summed E-state index contributed by atoms with van der Waals surface area (Å²) in [6, 6.07) is 7.73. The summed E-state index contributed by atoms with van der Waals surface area (Å²) in [5.41, 5.74) is 2.71. The molecule has 1 N–H and O–H groups in total. The van der Waals surface area contributed by atoms with Crippen molar-refractivity contribution in [2.45, 2.75) is 20.3 Å². The highest BCUT2D eigenvalue weighted by Gasteiger charge is 2.09. The van der Waals surface area contributed by atoms with Crippen LogP contribution in [0.4, 0.5) is 5.69 Å². The van der Waals surface area contributed by atoms with Gasteiger partial charge in [0, 0.05) is 17.4 Å². The summed E-state index contributed by atoms with van der Waals surface area (Å²) < 4.78 is 0. The van der Waals surface area contributed by atoms with Gasteiger partial charge in [-0.3, -0.25) is 4.79 Å². The largest absolute Gasteiger partial charge is 0.325 e. The molecule has 0 unspecified atom stereocenters. The molecule has 0 atom stereocenters. The number of nitrogens with zero attached hydrogens (tertiary/aromatic N) is 1. The van der Waals surface area contributed by atoms with Crippen molar-refractivity contribution in [2.24, 2.45) is 0 Å². The molecule has 0 fully saturated rings. The van der Waals surface area contributed by atoms with E-state index in [0.717, 1.165) is 22.0 Å². The highest BCUT2D eigenvalue weighted by atomic mass is 32.1. The first-order chi connectivity index (χ1) is 8.20. The Hall–Kier alpha value is -1.68. The van der Waals surface area contributed by atoms with Crippen molar-refractivity contribution < 1.29 is 4.79 Å². The number of carbonyl (C=O) groups excluding carboxylic acids is 1. The minimum Gasteiger partial charge on any atom is -0.325 e. The summed E-state index contributed by atoms with van der Waals surface area (Å²) >= 11 is 1.61. The lowest BCUT2D eigenvalue weighted by atomic mass is 10.1. The number of amides is 1. The van der Waals surface area contributed by atoms with Crippen LogP contribution in [0.3, 0.4) is 0 Å². The molecule has 0 aliphatic carbocycles. The molecule has 2 rings (SSSR count). The Kier molecular flexibility index (Phi) is 3.54. The van der Waals surface area contributed by atoms with Crippen LogP contribution in [0.1, 0.15) is 18.4 Å². The van der Waals surface area contributed by atoms with Gasteiger partial charge in [-0.2, -0.15) is 0 Å². The lowest BCUT2D eigenvalue weighted by Crippen LogP contribution is -2.10. The summed E-state index contributed by atoms with van der Waals surface area (Å²) in [5, 5.41) is 5.92. The van der Waals surface area contributed by atoms with Gasteiger partial charge in [0.1, 0.15) is 0 Å². The summed E-state index contributed by atoms with van der Waals surface area (Å²) in [6.07, 6.45) is 0.477. The monoisotopic (exact) mass is 246 g/mol. The van der Waals surface area contributed by atoms with Crippen molar-refractivity contribution >= 4 is 22.9 Å². The van der Waals surface area contributed by atoms with Gasteiger partial charge in [-0.15, -0.1) is 11.3 Å². The van der Waals surface area contributed by atoms with Crippen molar-refractivity contribution in [1.29, 1.82) is 0 Å². The number of nitrogens with one attached hydrogen (secondary N) is 1. The minimum absolute atomic E-state index is 0.0180. The molecule has 0 radical (unpaired) electrons. The molecular weight excluding hydrogens is 232 g/mol. The molecule has 0 saturated carbocycles. The van der Waals surface area contributed by atoms with Crippen molar-refractivity contribution in [3.63, 3.8) is 0 Å². The second-order valence-electron chi connectivity index (χ2n) is 3.70. The maximum Gasteiger partial charge on any atom is 0.224 e.